The van der Waals surface area contributed by atoms with Gasteiger partial charge in [0.1, 0.15) is 0 Å². The summed E-state index contributed by atoms with van der Waals surface area (Å²) in [4.78, 5) is 0. The Hall–Kier alpha value is -0.170. The average Bonchev–Trinajstić information content (AvgIpc) is 2.38. The van der Waals surface area contributed by atoms with E-state index in [-0.39, 0.29) is 18.4 Å². The Morgan fingerprint density at radius 2 is 2.00 bits per heavy atom. The zero-order valence-corrected chi connectivity index (χ0v) is 12.2. The number of nitrogens with zero attached hydrogens (tertiary/aromatic N) is 1. The van der Waals surface area contributed by atoms with Gasteiger partial charge in [0.05, 0.1) is 25.6 Å². The van der Waals surface area contributed by atoms with Crippen molar-refractivity contribution in [2.75, 3.05) is 39.2 Å². The molecule has 0 aromatic heterocycles. The molecule has 0 N–H and O–H groups in total. The Morgan fingerprint density at radius 3 is 2.67 bits per heavy atom. The predicted octanol–water partition coefficient (Wildman–Crippen LogP) is 1.24. The van der Waals surface area contributed by atoms with Crippen LogP contribution in [0.25, 0.3) is 0 Å². The third-order valence-corrected chi connectivity index (χ3v) is 5.20. The molecule has 1 heterocycles. The van der Waals surface area contributed by atoms with Crippen LogP contribution >= 0.6 is 0 Å². The van der Waals surface area contributed by atoms with Crippen molar-refractivity contribution in [1.29, 1.82) is 0 Å². The molecular weight excluding hydrogens is 254 g/mol. The number of hydrogen-bond donors (Lipinski definition) is 0. The fraction of sp³-hybridized carbons (Fsp3) is 1.00. The molecule has 5 nitrogen and oxygen atoms in total. The lowest BCUT2D eigenvalue weighted by molar-refractivity contribution is 0.0779. The summed E-state index contributed by atoms with van der Waals surface area (Å²) in [5, 5.41) is 0. The van der Waals surface area contributed by atoms with Crippen LogP contribution in [-0.4, -0.2) is 58.0 Å². The zero-order valence-electron chi connectivity index (χ0n) is 11.4. The van der Waals surface area contributed by atoms with E-state index in [1.165, 1.54) is 0 Å². The van der Waals surface area contributed by atoms with Crippen molar-refractivity contribution >= 4 is 10.0 Å². The quantitative estimate of drug-likeness (QED) is 0.627. The van der Waals surface area contributed by atoms with Gasteiger partial charge in [-0.15, -0.1) is 0 Å². The first-order chi connectivity index (χ1) is 8.61. The van der Waals surface area contributed by atoms with Crippen molar-refractivity contribution in [3.63, 3.8) is 0 Å². The van der Waals surface area contributed by atoms with E-state index in [2.05, 4.69) is 0 Å². The maximum atomic E-state index is 12.2. The summed E-state index contributed by atoms with van der Waals surface area (Å²) in [6.45, 7) is 3.91. The highest BCUT2D eigenvalue weighted by atomic mass is 32.2. The highest BCUT2D eigenvalue weighted by Gasteiger charge is 2.30. The summed E-state index contributed by atoms with van der Waals surface area (Å²) in [5.74, 6) is 0.0766. The molecule has 0 saturated carbocycles. The van der Waals surface area contributed by atoms with Gasteiger partial charge < -0.3 is 9.47 Å². The SMILES string of the molecule is CCC1CCCCN1S(=O)(=O)CCOCCOC. The van der Waals surface area contributed by atoms with E-state index < -0.39 is 10.0 Å². The summed E-state index contributed by atoms with van der Waals surface area (Å²) in [7, 11) is -1.57. The summed E-state index contributed by atoms with van der Waals surface area (Å²) in [6, 6.07) is 0.183. The summed E-state index contributed by atoms with van der Waals surface area (Å²) < 4.78 is 36.2. The Bertz CT molecular complexity index is 318. The number of piperidine rings is 1. The maximum Gasteiger partial charge on any atom is 0.216 e. The van der Waals surface area contributed by atoms with Crippen LogP contribution in [0.5, 0.6) is 0 Å². The van der Waals surface area contributed by atoms with E-state index in [4.69, 9.17) is 9.47 Å². The lowest BCUT2D eigenvalue weighted by atomic mass is 10.0. The minimum absolute atomic E-state index is 0.0766. The number of rotatable bonds is 8. The van der Waals surface area contributed by atoms with Crippen molar-refractivity contribution in [3.05, 3.63) is 0 Å². The molecule has 0 amide bonds. The Kier molecular flexibility index (Phi) is 7.14. The van der Waals surface area contributed by atoms with E-state index in [1.807, 2.05) is 6.92 Å². The van der Waals surface area contributed by atoms with Crippen molar-refractivity contribution in [2.45, 2.75) is 38.6 Å². The Morgan fingerprint density at radius 1 is 1.22 bits per heavy atom. The van der Waals surface area contributed by atoms with Crippen LogP contribution in [0, 0.1) is 0 Å². The van der Waals surface area contributed by atoms with Crippen molar-refractivity contribution in [1.82, 2.24) is 4.31 Å². The molecule has 0 aliphatic carbocycles. The second-order valence-electron chi connectivity index (χ2n) is 4.59. The van der Waals surface area contributed by atoms with Crippen molar-refractivity contribution in [2.24, 2.45) is 0 Å². The van der Waals surface area contributed by atoms with Crippen molar-refractivity contribution < 1.29 is 17.9 Å². The maximum absolute atomic E-state index is 12.2. The summed E-state index contributed by atoms with van der Waals surface area (Å²) in [6.07, 6.45) is 3.99. The van der Waals surface area contributed by atoms with Gasteiger partial charge in [0.15, 0.2) is 0 Å². The fourth-order valence-electron chi connectivity index (χ4n) is 2.27. The van der Waals surface area contributed by atoms with Gasteiger partial charge in [0.2, 0.25) is 10.0 Å². The molecule has 108 valence electrons. The lowest BCUT2D eigenvalue weighted by Crippen LogP contribution is -2.45. The van der Waals surface area contributed by atoms with E-state index >= 15 is 0 Å². The van der Waals surface area contributed by atoms with Gasteiger partial charge in [-0.05, 0) is 19.3 Å². The number of sulfonamides is 1. The van der Waals surface area contributed by atoms with E-state index in [0.29, 0.717) is 19.8 Å². The molecule has 0 radical (unpaired) electrons. The van der Waals surface area contributed by atoms with Gasteiger partial charge in [-0.2, -0.15) is 4.31 Å². The predicted molar refractivity (Wildman–Crippen MR) is 71.1 cm³/mol. The molecule has 0 spiro atoms. The van der Waals surface area contributed by atoms with Gasteiger partial charge in [0, 0.05) is 19.7 Å². The van der Waals surface area contributed by atoms with E-state index in [9.17, 15) is 8.42 Å². The summed E-state index contributed by atoms with van der Waals surface area (Å²) in [5.41, 5.74) is 0. The van der Waals surface area contributed by atoms with Crippen LogP contribution in [0.3, 0.4) is 0 Å². The topological polar surface area (TPSA) is 55.8 Å². The second-order valence-corrected chi connectivity index (χ2v) is 6.63. The minimum Gasteiger partial charge on any atom is -0.382 e. The van der Waals surface area contributed by atoms with Crippen LogP contribution < -0.4 is 0 Å². The molecule has 0 bridgehead atoms. The van der Waals surface area contributed by atoms with Crippen LogP contribution in [-0.2, 0) is 19.5 Å². The van der Waals surface area contributed by atoms with Gasteiger partial charge in [-0.1, -0.05) is 13.3 Å². The second kappa shape index (κ2) is 8.09. The molecule has 1 unspecified atom stereocenters. The van der Waals surface area contributed by atoms with Crippen LogP contribution in [0.2, 0.25) is 0 Å². The minimum atomic E-state index is -3.16. The molecule has 1 aliphatic rings. The van der Waals surface area contributed by atoms with Gasteiger partial charge >= 0.3 is 0 Å². The van der Waals surface area contributed by atoms with Crippen LogP contribution in [0.1, 0.15) is 32.6 Å². The highest BCUT2D eigenvalue weighted by molar-refractivity contribution is 7.89. The molecular formula is C12H25NO4S. The number of hydrogen-bond acceptors (Lipinski definition) is 4. The average molecular weight is 279 g/mol. The fourth-order valence-corrected chi connectivity index (χ4v) is 3.95. The zero-order chi connectivity index (χ0) is 13.4. The first kappa shape index (κ1) is 15.9. The first-order valence-electron chi connectivity index (χ1n) is 6.68. The van der Waals surface area contributed by atoms with E-state index in [0.717, 1.165) is 25.7 Å². The number of methoxy groups -OCH3 is 1. The molecule has 6 heteroatoms. The highest BCUT2D eigenvalue weighted by Crippen LogP contribution is 2.22. The molecule has 1 rings (SSSR count). The third-order valence-electron chi connectivity index (χ3n) is 3.32. The monoisotopic (exact) mass is 279 g/mol. The molecule has 0 aromatic rings. The largest absolute Gasteiger partial charge is 0.382 e. The molecule has 1 aliphatic heterocycles. The first-order valence-corrected chi connectivity index (χ1v) is 8.29. The van der Waals surface area contributed by atoms with E-state index in [1.54, 1.807) is 11.4 Å². The van der Waals surface area contributed by atoms with Gasteiger partial charge in [-0.25, -0.2) is 8.42 Å². The molecule has 1 saturated heterocycles. The normalized spacial score (nSPS) is 22.2. The van der Waals surface area contributed by atoms with Gasteiger partial charge in [-0.3, -0.25) is 0 Å². The molecule has 18 heavy (non-hydrogen) atoms. The number of ether oxygens (including phenoxy) is 2. The Balaban J connectivity index is 2.41. The summed E-state index contributed by atoms with van der Waals surface area (Å²) >= 11 is 0. The third kappa shape index (κ3) is 4.84. The molecule has 0 aromatic carbocycles. The van der Waals surface area contributed by atoms with Crippen LogP contribution in [0.15, 0.2) is 0 Å². The molecule has 1 atom stereocenters. The van der Waals surface area contributed by atoms with Gasteiger partial charge in [0.25, 0.3) is 0 Å². The Labute approximate surface area is 110 Å². The molecule has 1 fully saturated rings. The van der Waals surface area contributed by atoms with Crippen LogP contribution in [0.4, 0.5) is 0 Å². The smallest absolute Gasteiger partial charge is 0.216 e. The standard InChI is InChI=1S/C12H25NO4S/c1-3-12-6-4-5-7-13(12)18(14,15)11-10-17-9-8-16-2/h12H,3-11H2,1-2H3. The lowest BCUT2D eigenvalue weighted by Gasteiger charge is -2.34. The van der Waals surface area contributed by atoms with Crippen molar-refractivity contribution in [3.8, 4) is 0 Å².